The maximum absolute atomic E-state index is 12.1. The predicted octanol–water partition coefficient (Wildman–Crippen LogP) is 3.79. The summed E-state index contributed by atoms with van der Waals surface area (Å²) in [6.45, 7) is 2.01. The number of hydrogen-bond acceptors (Lipinski definition) is 3. The normalized spacial score (nSPS) is 14.6. The van der Waals surface area contributed by atoms with Gasteiger partial charge in [-0.1, -0.05) is 11.6 Å². The summed E-state index contributed by atoms with van der Waals surface area (Å²) in [6.07, 6.45) is 3.83. The zero-order valence-electron chi connectivity index (χ0n) is 10.9. The standard InChI is InChI=1S/C15H15ClN2O2/c16-11-5-6-13(18-7-1-2-8-18)12(10-11)17-15(19)14-4-3-9-20-14/h3-6,9-10H,1-2,7-8H2,(H,17,19). The van der Waals surface area contributed by atoms with E-state index in [0.29, 0.717) is 5.02 Å². The van der Waals surface area contributed by atoms with Gasteiger partial charge >= 0.3 is 0 Å². The average molecular weight is 291 g/mol. The van der Waals surface area contributed by atoms with E-state index < -0.39 is 0 Å². The molecule has 0 bridgehead atoms. The van der Waals surface area contributed by atoms with Gasteiger partial charge in [-0.3, -0.25) is 4.79 Å². The number of nitrogens with one attached hydrogen (secondary N) is 1. The fraction of sp³-hybridized carbons (Fsp3) is 0.267. The summed E-state index contributed by atoms with van der Waals surface area (Å²) in [6, 6.07) is 8.89. The molecular formula is C15H15ClN2O2. The number of anilines is 2. The Balaban J connectivity index is 1.87. The molecule has 5 heteroatoms. The SMILES string of the molecule is O=C(Nc1cc(Cl)ccc1N1CCCC1)c1ccco1. The van der Waals surface area contributed by atoms with Crippen LogP contribution in [-0.2, 0) is 0 Å². The summed E-state index contributed by atoms with van der Waals surface area (Å²) in [7, 11) is 0. The smallest absolute Gasteiger partial charge is 0.291 e. The summed E-state index contributed by atoms with van der Waals surface area (Å²) in [5.74, 6) is 0.0232. The molecule has 4 nitrogen and oxygen atoms in total. The average Bonchev–Trinajstić information content (AvgIpc) is 3.12. The number of amides is 1. The quantitative estimate of drug-likeness (QED) is 0.935. The zero-order valence-corrected chi connectivity index (χ0v) is 11.7. The Morgan fingerprint density at radius 3 is 2.75 bits per heavy atom. The van der Waals surface area contributed by atoms with Gasteiger partial charge in [0, 0.05) is 18.1 Å². The van der Waals surface area contributed by atoms with Crippen molar-refractivity contribution in [2.45, 2.75) is 12.8 Å². The van der Waals surface area contributed by atoms with Crippen LogP contribution in [0.5, 0.6) is 0 Å². The molecule has 1 fully saturated rings. The first kappa shape index (κ1) is 13.1. The van der Waals surface area contributed by atoms with Crippen molar-refractivity contribution in [3.63, 3.8) is 0 Å². The van der Waals surface area contributed by atoms with Gasteiger partial charge in [-0.2, -0.15) is 0 Å². The van der Waals surface area contributed by atoms with E-state index in [9.17, 15) is 4.79 Å². The molecule has 1 aliphatic rings. The Bertz CT molecular complexity index is 604. The summed E-state index contributed by atoms with van der Waals surface area (Å²) in [5.41, 5.74) is 1.73. The number of furan rings is 1. The topological polar surface area (TPSA) is 45.5 Å². The fourth-order valence-electron chi connectivity index (χ4n) is 2.43. The van der Waals surface area contributed by atoms with Crippen LogP contribution in [0.25, 0.3) is 0 Å². The molecule has 0 aliphatic carbocycles. The van der Waals surface area contributed by atoms with Gasteiger partial charge in [0.15, 0.2) is 5.76 Å². The minimum atomic E-state index is -0.266. The number of nitrogens with zero attached hydrogens (tertiary/aromatic N) is 1. The van der Waals surface area contributed by atoms with Gasteiger partial charge in [0.05, 0.1) is 17.6 Å². The molecular weight excluding hydrogens is 276 g/mol. The Morgan fingerprint density at radius 2 is 2.05 bits per heavy atom. The highest BCUT2D eigenvalue weighted by molar-refractivity contribution is 6.31. The van der Waals surface area contributed by atoms with Crippen LogP contribution in [0.1, 0.15) is 23.4 Å². The highest BCUT2D eigenvalue weighted by atomic mass is 35.5. The van der Waals surface area contributed by atoms with Gasteiger partial charge in [-0.15, -0.1) is 0 Å². The minimum absolute atomic E-state index is 0.266. The molecule has 0 atom stereocenters. The van der Waals surface area contributed by atoms with E-state index in [0.717, 1.165) is 24.5 Å². The maximum Gasteiger partial charge on any atom is 0.291 e. The molecule has 0 unspecified atom stereocenters. The Morgan fingerprint density at radius 1 is 1.25 bits per heavy atom. The zero-order chi connectivity index (χ0) is 13.9. The Kier molecular flexibility index (Phi) is 3.65. The second-order valence-corrected chi connectivity index (χ2v) is 5.22. The molecule has 1 saturated heterocycles. The summed E-state index contributed by atoms with van der Waals surface area (Å²) in [5, 5.41) is 3.47. The van der Waals surface area contributed by atoms with E-state index in [1.165, 1.54) is 19.1 Å². The minimum Gasteiger partial charge on any atom is -0.459 e. The number of carbonyl (C=O) groups excluding carboxylic acids is 1. The molecule has 0 spiro atoms. The van der Waals surface area contributed by atoms with Crippen LogP contribution in [0.3, 0.4) is 0 Å². The van der Waals surface area contributed by atoms with Gasteiger partial charge in [0.25, 0.3) is 5.91 Å². The van der Waals surface area contributed by atoms with Crippen molar-refractivity contribution < 1.29 is 9.21 Å². The van der Waals surface area contributed by atoms with Crippen LogP contribution >= 0.6 is 11.6 Å². The van der Waals surface area contributed by atoms with Crippen LogP contribution in [0.4, 0.5) is 11.4 Å². The number of rotatable bonds is 3. The molecule has 0 radical (unpaired) electrons. The van der Waals surface area contributed by atoms with Crippen LogP contribution in [-0.4, -0.2) is 19.0 Å². The molecule has 1 aromatic heterocycles. The second-order valence-electron chi connectivity index (χ2n) is 4.79. The Labute approximate surface area is 122 Å². The molecule has 1 amide bonds. The summed E-state index contributed by atoms with van der Waals surface area (Å²) < 4.78 is 5.10. The lowest BCUT2D eigenvalue weighted by Gasteiger charge is -2.21. The lowest BCUT2D eigenvalue weighted by atomic mass is 10.2. The lowest BCUT2D eigenvalue weighted by molar-refractivity contribution is 0.0996. The van der Waals surface area contributed by atoms with E-state index >= 15 is 0 Å². The van der Waals surface area contributed by atoms with Crippen molar-refractivity contribution in [1.82, 2.24) is 0 Å². The molecule has 104 valence electrons. The van der Waals surface area contributed by atoms with E-state index in [4.69, 9.17) is 16.0 Å². The number of carbonyl (C=O) groups is 1. The van der Waals surface area contributed by atoms with Crippen molar-refractivity contribution in [2.24, 2.45) is 0 Å². The molecule has 1 aromatic carbocycles. The third-order valence-corrected chi connectivity index (χ3v) is 3.63. The van der Waals surface area contributed by atoms with Gasteiger partial charge in [0.1, 0.15) is 0 Å². The largest absolute Gasteiger partial charge is 0.459 e. The monoisotopic (exact) mass is 290 g/mol. The van der Waals surface area contributed by atoms with Gasteiger partial charge in [-0.25, -0.2) is 0 Å². The Hall–Kier alpha value is -1.94. The molecule has 0 saturated carbocycles. The van der Waals surface area contributed by atoms with Crippen LogP contribution in [0, 0.1) is 0 Å². The van der Waals surface area contributed by atoms with Crippen LogP contribution < -0.4 is 10.2 Å². The maximum atomic E-state index is 12.1. The first-order chi connectivity index (χ1) is 9.74. The summed E-state index contributed by atoms with van der Waals surface area (Å²) in [4.78, 5) is 14.3. The fourth-order valence-corrected chi connectivity index (χ4v) is 2.61. The molecule has 2 heterocycles. The van der Waals surface area contributed by atoms with E-state index in [1.54, 1.807) is 18.2 Å². The highest BCUT2D eigenvalue weighted by Gasteiger charge is 2.18. The van der Waals surface area contributed by atoms with Crippen molar-refractivity contribution in [3.05, 3.63) is 47.4 Å². The highest BCUT2D eigenvalue weighted by Crippen LogP contribution is 2.31. The van der Waals surface area contributed by atoms with Crippen molar-refractivity contribution >= 4 is 28.9 Å². The summed E-state index contributed by atoms with van der Waals surface area (Å²) >= 11 is 6.04. The lowest BCUT2D eigenvalue weighted by Crippen LogP contribution is -2.21. The third-order valence-electron chi connectivity index (χ3n) is 3.40. The van der Waals surface area contributed by atoms with Crippen molar-refractivity contribution in [2.75, 3.05) is 23.3 Å². The van der Waals surface area contributed by atoms with E-state index in [1.807, 2.05) is 12.1 Å². The molecule has 20 heavy (non-hydrogen) atoms. The van der Waals surface area contributed by atoms with Crippen LogP contribution in [0.15, 0.2) is 41.0 Å². The van der Waals surface area contributed by atoms with Gasteiger partial charge < -0.3 is 14.6 Å². The van der Waals surface area contributed by atoms with E-state index in [2.05, 4.69) is 10.2 Å². The number of benzene rings is 1. The van der Waals surface area contributed by atoms with E-state index in [-0.39, 0.29) is 11.7 Å². The predicted molar refractivity (Wildman–Crippen MR) is 79.6 cm³/mol. The van der Waals surface area contributed by atoms with Gasteiger partial charge in [-0.05, 0) is 43.2 Å². The first-order valence-corrected chi connectivity index (χ1v) is 7.01. The first-order valence-electron chi connectivity index (χ1n) is 6.63. The second kappa shape index (κ2) is 5.59. The van der Waals surface area contributed by atoms with Gasteiger partial charge in [0.2, 0.25) is 0 Å². The van der Waals surface area contributed by atoms with Crippen LogP contribution in [0.2, 0.25) is 5.02 Å². The molecule has 1 aliphatic heterocycles. The number of hydrogen-bond donors (Lipinski definition) is 1. The molecule has 2 aromatic rings. The molecule has 3 rings (SSSR count). The molecule has 1 N–H and O–H groups in total. The van der Waals surface area contributed by atoms with Crippen molar-refractivity contribution in [1.29, 1.82) is 0 Å². The number of halogens is 1. The van der Waals surface area contributed by atoms with Crippen molar-refractivity contribution in [3.8, 4) is 0 Å². The third kappa shape index (κ3) is 2.65.